The molecule has 2 N–H and O–H groups in total. The average molecular weight is 460 g/mol. The number of aliphatic imine (C=N–C) groups is 1. The van der Waals surface area contributed by atoms with Gasteiger partial charge in [-0.15, -0.1) is 35.3 Å². The van der Waals surface area contributed by atoms with E-state index in [1.807, 2.05) is 0 Å². The largest absolute Gasteiger partial charge is 0.352 e. The van der Waals surface area contributed by atoms with Gasteiger partial charge in [-0.25, -0.2) is 0 Å². The number of nitrogens with zero attached hydrogens (tertiary/aromatic N) is 2. The molecule has 0 unspecified atom stereocenters. The summed E-state index contributed by atoms with van der Waals surface area (Å²) in [5.74, 6) is 0.620. The molecule has 2 aromatic rings. The van der Waals surface area contributed by atoms with Gasteiger partial charge in [-0.05, 0) is 18.6 Å². The molecule has 0 saturated heterocycles. The Morgan fingerprint density at radius 1 is 1.17 bits per heavy atom. The van der Waals surface area contributed by atoms with Crippen molar-refractivity contribution in [3.8, 4) is 0 Å². The second-order valence-corrected chi connectivity index (χ2v) is 6.14. The number of halogens is 1. The third-order valence-electron chi connectivity index (χ3n) is 3.35. The van der Waals surface area contributed by atoms with Crippen LogP contribution in [0.1, 0.15) is 22.2 Å². The molecule has 0 spiro atoms. The predicted molar refractivity (Wildman–Crippen MR) is 109 cm³/mol. The van der Waals surface area contributed by atoms with Crippen molar-refractivity contribution in [3.05, 3.63) is 61.8 Å². The molecule has 1 aromatic heterocycles. The minimum Gasteiger partial charge on any atom is -0.352 e. The summed E-state index contributed by atoms with van der Waals surface area (Å²) in [6.07, 6.45) is 1.04. The number of hydrogen-bond acceptors (Lipinski definition) is 4. The lowest BCUT2D eigenvalue weighted by Gasteiger charge is -2.11. The summed E-state index contributed by atoms with van der Waals surface area (Å²) in [5.41, 5.74) is 0.742. The third-order valence-corrected chi connectivity index (χ3v) is 4.58. The molecule has 0 amide bonds. The van der Waals surface area contributed by atoms with Crippen molar-refractivity contribution < 1.29 is 4.92 Å². The van der Waals surface area contributed by atoms with E-state index in [1.165, 1.54) is 15.8 Å². The van der Waals surface area contributed by atoms with Crippen molar-refractivity contribution in [2.24, 2.45) is 4.99 Å². The number of rotatable bonds is 6. The number of benzene rings is 1. The third kappa shape index (κ3) is 5.75. The van der Waals surface area contributed by atoms with E-state index in [9.17, 15) is 10.1 Å². The van der Waals surface area contributed by atoms with Gasteiger partial charge < -0.3 is 10.6 Å². The van der Waals surface area contributed by atoms with Crippen molar-refractivity contribution in [2.75, 3.05) is 7.05 Å². The van der Waals surface area contributed by atoms with E-state index in [-0.39, 0.29) is 34.6 Å². The quantitative estimate of drug-likeness (QED) is 0.227. The molecule has 0 saturated carbocycles. The molecule has 0 bridgehead atoms. The SMILES string of the molecule is CCc1ccc(CNC(=NC)NCc2ccccc2[N+](=O)[O-])s1.I. The van der Waals surface area contributed by atoms with E-state index in [2.05, 4.69) is 34.7 Å². The minimum absolute atomic E-state index is 0. The molecular formula is C16H21IN4O2S. The average Bonchev–Trinajstić information content (AvgIpc) is 3.03. The zero-order chi connectivity index (χ0) is 16.7. The standard InChI is InChI=1S/C16H20N4O2S.HI/c1-3-13-8-9-14(23-13)11-19-16(17-2)18-10-12-6-4-5-7-15(12)20(21)22;/h4-9H,3,10-11H2,1-2H3,(H2,17,18,19);1H. The van der Waals surface area contributed by atoms with Gasteiger partial charge in [-0.1, -0.05) is 25.1 Å². The maximum Gasteiger partial charge on any atom is 0.274 e. The molecule has 6 nitrogen and oxygen atoms in total. The van der Waals surface area contributed by atoms with E-state index >= 15 is 0 Å². The highest BCUT2D eigenvalue weighted by Gasteiger charge is 2.12. The molecule has 0 fully saturated rings. The molecule has 8 heteroatoms. The first-order valence-corrected chi connectivity index (χ1v) is 8.20. The van der Waals surface area contributed by atoms with Crippen LogP contribution in [0.3, 0.4) is 0 Å². The summed E-state index contributed by atoms with van der Waals surface area (Å²) in [4.78, 5) is 17.4. The minimum atomic E-state index is -0.370. The first kappa shape index (κ1) is 20.4. The summed E-state index contributed by atoms with van der Waals surface area (Å²) >= 11 is 1.77. The van der Waals surface area contributed by atoms with Gasteiger partial charge in [0, 0.05) is 35.0 Å². The zero-order valence-electron chi connectivity index (χ0n) is 13.6. The fraction of sp³-hybridized carbons (Fsp3) is 0.312. The van der Waals surface area contributed by atoms with Gasteiger partial charge in [0.1, 0.15) is 0 Å². The summed E-state index contributed by atoms with van der Waals surface area (Å²) in [5, 5.41) is 17.3. The maximum absolute atomic E-state index is 11.0. The molecule has 2 rings (SSSR count). The number of hydrogen-bond donors (Lipinski definition) is 2. The van der Waals surface area contributed by atoms with Crippen LogP contribution >= 0.6 is 35.3 Å². The van der Waals surface area contributed by atoms with Crippen LogP contribution in [-0.4, -0.2) is 17.9 Å². The summed E-state index contributed by atoms with van der Waals surface area (Å²) in [6.45, 7) is 3.17. The molecule has 0 radical (unpaired) electrons. The molecule has 1 heterocycles. The Balaban J connectivity index is 0.00000288. The Kier molecular flexibility index (Phi) is 8.69. The van der Waals surface area contributed by atoms with Crippen LogP contribution < -0.4 is 10.6 Å². The number of aryl methyl sites for hydroxylation is 1. The van der Waals surface area contributed by atoms with Crippen molar-refractivity contribution in [1.29, 1.82) is 0 Å². The lowest BCUT2D eigenvalue weighted by molar-refractivity contribution is -0.385. The van der Waals surface area contributed by atoms with Gasteiger partial charge in [-0.2, -0.15) is 0 Å². The first-order valence-electron chi connectivity index (χ1n) is 7.38. The van der Waals surface area contributed by atoms with Gasteiger partial charge in [0.15, 0.2) is 5.96 Å². The fourth-order valence-electron chi connectivity index (χ4n) is 2.12. The molecule has 24 heavy (non-hydrogen) atoms. The highest BCUT2D eigenvalue weighted by molar-refractivity contribution is 14.0. The van der Waals surface area contributed by atoms with Gasteiger partial charge in [-0.3, -0.25) is 15.1 Å². The summed E-state index contributed by atoms with van der Waals surface area (Å²) in [6, 6.07) is 10.9. The lowest BCUT2D eigenvalue weighted by Crippen LogP contribution is -2.36. The number of nitro groups is 1. The first-order chi connectivity index (χ1) is 11.1. The Hall–Kier alpha value is -1.68. The lowest BCUT2D eigenvalue weighted by atomic mass is 10.2. The number of nitro benzene ring substituents is 1. The van der Waals surface area contributed by atoms with Crippen LogP contribution in [-0.2, 0) is 19.5 Å². The van der Waals surface area contributed by atoms with Gasteiger partial charge in [0.2, 0.25) is 0 Å². The highest BCUT2D eigenvalue weighted by atomic mass is 127. The predicted octanol–water partition coefficient (Wildman–Crippen LogP) is 3.70. The molecule has 0 aliphatic heterocycles. The van der Waals surface area contributed by atoms with E-state index in [0.717, 1.165) is 6.42 Å². The Bertz CT molecular complexity index is 703. The molecule has 0 atom stereocenters. The topological polar surface area (TPSA) is 79.6 Å². The number of guanidine groups is 1. The molecular weight excluding hydrogens is 439 g/mol. The number of para-hydroxylation sites is 1. The molecule has 130 valence electrons. The van der Waals surface area contributed by atoms with Crippen molar-refractivity contribution in [3.63, 3.8) is 0 Å². The van der Waals surface area contributed by atoms with E-state index in [0.29, 0.717) is 24.6 Å². The van der Waals surface area contributed by atoms with Gasteiger partial charge >= 0.3 is 0 Å². The second-order valence-electron chi connectivity index (χ2n) is 4.89. The Morgan fingerprint density at radius 2 is 1.83 bits per heavy atom. The van der Waals surface area contributed by atoms with Crippen molar-refractivity contribution in [2.45, 2.75) is 26.4 Å². The van der Waals surface area contributed by atoms with Crippen molar-refractivity contribution in [1.82, 2.24) is 10.6 Å². The normalized spacial score (nSPS) is 10.8. The molecule has 1 aromatic carbocycles. The fourth-order valence-corrected chi connectivity index (χ4v) is 3.01. The van der Waals surface area contributed by atoms with Crippen LogP contribution in [0.5, 0.6) is 0 Å². The summed E-state index contributed by atoms with van der Waals surface area (Å²) in [7, 11) is 1.68. The molecule has 0 aliphatic carbocycles. The smallest absolute Gasteiger partial charge is 0.274 e. The van der Waals surface area contributed by atoms with E-state index in [4.69, 9.17) is 0 Å². The van der Waals surface area contributed by atoms with Crippen LogP contribution in [0.25, 0.3) is 0 Å². The summed E-state index contributed by atoms with van der Waals surface area (Å²) < 4.78 is 0. The number of thiophene rings is 1. The van der Waals surface area contributed by atoms with Crippen LogP contribution in [0.2, 0.25) is 0 Å². The highest BCUT2D eigenvalue weighted by Crippen LogP contribution is 2.17. The Morgan fingerprint density at radius 3 is 2.46 bits per heavy atom. The Labute approximate surface area is 162 Å². The van der Waals surface area contributed by atoms with E-state index in [1.54, 1.807) is 36.6 Å². The van der Waals surface area contributed by atoms with Crippen molar-refractivity contribution >= 4 is 47.0 Å². The van der Waals surface area contributed by atoms with E-state index < -0.39 is 0 Å². The number of nitrogens with one attached hydrogen (secondary N) is 2. The monoisotopic (exact) mass is 460 g/mol. The van der Waals surface area contributed by atoms with Crippen LogP contribution in [0.15, 0.2) is 41.4 Å². The molecule has 0 aliphatic rings. The van der Waals surface area contributed by atoms with Crippen LogP contribution in [0, 0.1) is 10.1 Å². The maximum atomic E-state index is 11.0. The second kappa shape index (κ2) is 10.2. The van der Waals surface area contributed by atoms with Gasteiger partial charge in [0.05, 0.1) is 11.5 Å². The van der Waals surface area contributed by atoms with Crippen LogP contribution in [0.4, 0.5) is 5.69 Å². The zero-order valence-corrected chi connectivity index (χ0v) is 16.8. The van der Waals surface area contributed by atoms with Gasteiger partial charge in [0.25, 0.3) is 5.69 Å².